The summed E-state index contributed by atoms with van der Waals surface area (Å²) in [6, 6.07) is 13.6. The van der Waals surface area contributed by atoms with Crippen molar-refractivity contribution in [3.8, 4) is 11.5 Å². The van der Waals surface area contributed by atoms with Gasteiger partial charge in [-0.2, -0.15) is 0 Å². The molecule has 0 saturated heterocycles. The molecule has 0 unspecified atom stereocenters. The molecule has 3 rings (SSSR count). The molecule has 0 bridgehead atoms. The van der Waals surface area contributed by atoms with E-state index in [1.165, 1.54) is 5.56 Å². The van der Waals surface area contributed by atoms with E-state index in [1.54, 1.807) is 0 Å². The molecule has 1 N–H and O–H groups in total. The molecule has 108 valence electrons. The van der Waals surface area contributed by atoms with Crippen LogP contribution >= 0.6 is 0 Å². The van der Waals surface area contributed by atoms with Crippen LogP contribution in [0.3, 0.4) is 0 Å². The summed E-state index contributed by atoms with van der Waals surface area (Å²) in [5.74, 6) is 1.44. The largest absolute Gasteiger partial charge is 0.454 e. The average molecular weight is 283 g/mol. The average Bonchev–Trinajstić information content (AvgIpc) is 2.94. The predicted molar refractivity (Wildman–Crippen MR) is 79.3 cm³/mol. The number of hydrogen-bond acceptors (Lipinski definition) is 3. The van der Waals surface area contributed by atoms with E-state index >= 15 is 0 Å². The topological polar surface area (TPSA) is 47.6 Å². The minimum atomic E-state index is -0.00267. The van der Waals surface area contributed by atoms with Gasteiger partial charge in [0, 0.05) is 6.54 Å². The van der Waals surface area contributed by atoms with Crippen molar-refractivity contribution >= 4 is 5.91 Å². The lowest BCUT2D eigenvalue weighted by Crippen LogP contribution is -2.24. The number of carbonyl (C=O) groups excluding carboxylic acids is 1. The van der Waals surface area contributed by atoms with Gasteiger partial charge in [0.2, 0.25) is 12.7 Å². The molecule has 0 saturated carbocycles. The van der Waals surface area contributed by atoms with E-state index in [2.05, 4.69) is 5.32 Å². The van der Waals surface area contributed by atoms with Crippen LogP contribution in [0, 0.1) is 6.92 Å². The van der Waals surface area contributed by atoms with Gasteiger partial charge < -0.3 is 14.8 Å². The van der Waals surface area contributed by atoms with Crippen molar-refractivity contribution in [2.45, 2.75) is 19.9 Å². The number of aryl methyl sites for hydroxylation is 1. The number of rotatable bonds is 4. The maximum atomic E-state index is 12.0. The van der Waals surface area contributed by atoms with Crippen molar-refractivity contribution < 1.29 is 14.3 Å². The zero-order valence-electron chi connectivity index (χ0n) is 11.9. The minimum Gasteiger partial charge on any atom is -0.454 e. The van der Waals surface area contributed by atoms with Crippen molar-refractivity contribution in [1.82, 2.24) is 5.32 Å². The fourth-order valence-corrected chi connectivity index (χ4v) is 2.30. The fraction of sp³-hybridized carbons (Fsp3) is 0.235. The Morgan fingerprint density at radius 2 is 1.95 bits per heavy atom. The quantitative estimate of drug-likeness (QED) is 0.938. The molecule has 0 radical (unpaired) electrons. The van der Waals surface area contributed by atoms with Crippen molar-refractivity contribution in [3.05, 3.63) is 59.2 Å². The summed E-state index contributed by atoms with van der Waals surface area (Å²) in [4.78, 5) is 12.0. The smallest absolute Gasteiger partial charge is 0.231 e. The summed E-state index contributed by atoms with van der Waals surface area (Å²) >= 11 is 0. The molecule has 2 aromatic carbocycles. The van der Waals surface area contributed by atoms with E-state index in [0.717, 1.165) is 16.9 Å². The van der Waals surface area contributed by atoms with E-state index in [1.807, 2.05) is 49.4 Å². The Bertz CT molecular complexity index is 667. The zero-order valence-corrected chi connectivity index (χ0v) is 11.9. The van der Waals surface area contributed by atoms with Gasteiger partial charge in [0.15, 0.2) is 11.5 Å². The highest BCUT2D eigenvalue weighted by molar-refractivity contribution is 5.78. The molecule has 2 aromatic rings. The van der Waals surface area contributed by atoms with Crippen molar-refractivity contribution in [2.75, 3.05) is 6.79 Å². The van der Waals surface area contributed by atoms with E-state index < -0.39 is 0 Å². The first-order valence-electron chi connectivity index (χ1n) is 6.92. The second-order valence-electron chi connectivity index (χ2n) is 5.07. The monoisotopic (exact) mass is 283 g/mol. The van der Waals surface area contributed by atoms with Gasteiger partial charge >= 0.3 is 0 Å². The third kappa shape index (κ3) is 3.16. The van der Waals surface area contributed by atoms with Crippen LogP contribution in [0.2, 0.25) is 0 Å². The first-order chi connectivity index (χ1) is 10.2. The van der Waals surface area contributed by atoms with Crippen LogP contribution in [0.4, 0.5) is 0 Å². The predicted octanol–water partition coefficient (Wildman–Crippen LogP) is 2.58. The second kappa shape index (κ2) is 5.87. The third-order valence-electron chi connectivity index (χ3n) is 3.54. The van der Waals surface area contributed by atoms with Gasteiger partial charge in [0.1, 0.15) is 0 Å². The summed E-state index contributed by atoms with van der Waals surface area (Å²) in [6.45, 7) is 2.84. The Morgan fingerprint density at radius 3 is 2.81 bits per heavy atom. The summed E-state index contributed by atoms with van der Waals surface area (Å²) in [6.07, 6.45) is 0.336. The lowest BCUT2D eigenvalue weighted by molar-refractivity contribution is -0.120. The first-order valence-corrected chi connectivity index (χ1v) is 6.92. The van der Waals surface area contributed by atoms with Crippen LogP contribution in [-0.4, -0.2) is 12.7 Å². The van der Waals surface area contributed by atoms with Crippen LogP contribution in [0.15, 0.2) is 42.5 Å². The number of carbonyl (C=O) groups is 1. The maximum Gasteiger partial charge on any atom is 0.231 e. The standard InChI is InChI=1S/C17H17NO3/c1-12-4-2-3-5-14(12)10-18-17(19)9-13-6-7-15-16(8-13)21-11-20-15/h2-8H,9-11H2,1H3,(H,18,19). The lowest BCUT2D eigenvalue weighted by atomic mass is 10.1. The third-order valence-corrected chi connectivity index (χ3v) is 3.54. The molecule has 1 heterocycles. The molecule has 21 heavy (non-hydrogen) atoms. The molecule has 0 fully saturated rings. The van der Waals surface area contributed by atoms with Crippen molar-refractivity contribution in [2.24, 2.45) is 0 Å². The van der Waals surface area contributed by atoms with Gasteiger partial charge in [-0.15, -0.1) is 0 Å². The fourth-order valence-electron chi connectivity index (χ4n) is 2.30. The molecular formula is C17H17NO3. The van der Waals surface area contributed by atoms with Crippen LogP contribution in [0.25, 0.3) is 0 Å². The number of hydrogen-bond donors (Lipinski definition) is 1. The van der Waals surface area contributed by atoms with Gasteiger partial charge in [-0.1, -0.05) is 30.3 Å². The molecule has 0 aliphatic carbocycles. The van der Waals surface area contributed by atoms with Crippen LogP contribution in [0.5, 0.6) is 11.5 Å². The molecule has 1 aliphatic heterocycles. The lowest BCUT2D eigenvalue weighted by Gasteiger charge is -2.08. The van der Waals surface area contributed by atoms with Crippen LogP contribution in [-0.2, 0) is 17.8 Å². The summed E-state index contributed by atoms with van der Waals surface area (Å²) in [5.41, 5.74) is 3.24. The number of benzene rings is 2. The molecule has 1 aliphatic rings. The Kier molecular flexibility index (Phi) is 3.77. The van der Waals surface area contributed by atoms with E-state index in [4.69, 9.17) is 9.47 Å². The van der Waals surface area contributed by atoms with E-state index in [0.29, 0.717) is 18.7 Å². The van der Waals surface area contributed by atoms with Gasteiger partial charge in [-0.25, -0.2) is 0 Å². The first kappa shape index (κ1) is 13.5. The Hall–Kier alpha value is -2.49. The summed E-state index contributed by atoms with van der Waals surface area (Å²) < 4.78 is 10.6. The molecule has 0 spiro atoms. The molecule has 4 nitrogen and oxygen atoms in total. The molecule has 0 atom stereocenters. The Balaban J connectivity index is 1.58. The van der Waals surface area contributed by atoms with Gasteiger partial charge in [-0.05, 0) is 35.7 Å². The van der Waals surface area contributed by atoms with Gasteiger partial charge in [0.25, 0.3) is 0 Å². The van der Waals surface area contributed by atoms with Crippen molar-refractivity contribution in [1.29, 1.82) is 0 Å². The number of fused-ring (bicyclic) bond motifs is 1. The molecule has 1 amide bonds. The normalized spacial score (nSPS) is 12.2. The van der Waals surface area contributed by atoms with Crippen LogP contribution in [0.1, 0.15) is 16.7 Å². The highest BCUT2D eigenvalue weighted by Gasteiger charge is 2.14. The molecule has 0 aromatic heterocycles. The Labute approximate surface area is 123 Å². The van der Waals surface area contributed by atoms with E-state index in [-0.39, 0.29) is 12.7 Å². The summed E-state index contributed by atoms with van der Waals surface area (Å²) in [7, 11) is 0. The Morgan fingerprint density at radius 1 is 1.14 bits per heavy atom. The SMILES string of the molecule is Cc1ccccc1CNC(=O)Cc1ccc2c(c1)OCO2. The number of amides is 1. The van der Waals surface area contributed by atoms with Gasteiger partial charge in [0.05, 0.1) is 6.42 Å². The highest BCUT2D eigenvalue weighted by Crippen LogP contribution is 2.32. The number of nitrogens with one attached hydrogen (secondary N) is 1. The highest BCUT2D eigenvalue weighted by atomic mass is 16.7. The van der Waals surface area contributed by atoms with Gasteiger partial charge in [-0.3, -0.25) is 4.79 Å². The number of ether oxygens (including phenoxy) is 2. The van der Waals surface area contributed by atoms with Crippen molar-refractivity contribution in [3.63, 3.8) is 0 Å². The summed E-state index contributed by atoms with van der Waals surface area (Å²) in [5, 5.41) is 2.94. The second-order valence-corrected chi connectivity index (χ2v) is 5.07. The molecular weight excluding hydrogens is 266 g/mol. The zero-order chi connectivity index (χ0) is 14.7. The molecule has 4 heteroatoms. The van der Waals surface area contributed by atoms with E-state index in [9.17, 15) is 4.79 Å². The van der Waals surface area contributed by atoms with Crippen LogP contribution < -0.4 is 14.8 Å². The maximum absolute atomic E-state index is 12.0. The minimum absolute atomic E-state index is 0.00267.